The van der Waals surface area contributed by atoms with Crippen LogP contribution in [0.1, 0.15) is 25.0 Å². The van der Waals surface area contributed by atoms with Crippen molar-refractivity contribution in [2.45, 2.75) is 19.3 Å². The van der Waals surface area contributed by atoms with Gasteiger partial charge in [0.05, 0.1) is 5.02 Å². The topological polar surface area (TPSA) is 40.5 Å². The molecule has 0 saturated carbocycles. The number of phenols is 2. The van der Waals surface area contributed by atoms with Crippen LogP contribution in [0.3, 0.4) is 0 Å². The summed E-state index contributed by atoms with van der Waals surface area (Å²) in [4.78, 5) is 0. The molecule has 2 aromatic carbocycles. The van der Waals surface area contributed by atoms with Gasteiger partial charge in [0, 0.05) is 5.41 Å². The molecule has 0 radical (unpaired) electrons. The lowest BCUT2D eigenvalue weighted by Crippen LogP contribution is -2.19. The molecular formula is C15H14Cl2O2. The molecule has 19 heavy (non-hydrogen) atoms. The van der Waals surface area contributed by atoms with Crippen LogP contribution in [0.25, 0.3) is 0 Å². The van der Waals surface area contributed by atoms with Crippen LogP contribution >= 0.6 is 23.2 Å². The molecule has 0 aliphatic carbocycles. The molecule has 0 heterocycles. The Labute approximate surface area is 122 Å². The minimum Gasteiger partial charge on any atom is -0.508 e. The SMILES string of the molecule is CC(C)(c1ccc(O)cc1)c1ccc(O)c(Cl)c1Cl. The Bertz CT molecular complexity index is 604. The van der Waals surface area contributed by atoms with E-state index < -0.39 is 0 Å². The van der Waals surface area contributed by atoms with Gasteiger partial charge in [-0.3, -0.25) is 0 Å². The first kappa shape index (κ1) is 14.0. The second-order valence-electron chi connectivity index (χ2n) is 4.93. The third-order valence-electron chi connectivity index (χ3n) is 3.32. The van der Waals surface area contributed by atoms with Gasteiger partial charge in [0.2, 0.25) is 0 Å². The fourth-order valence-corrected chi connectivity index (χ4v) is 2.62. The Morgan fingerprint density at radius 1 is 0.842 bits per heavy atom. The summed E-state index contributed by atoms with van der Waals surface area (Å²) >= 11 is 12.2. The van der Waals surface area contributed by atoms with Gasteiger partial charge in [0.25, 0.3) is 0 Å². The molecule has 2 rings (SSSR count). The Hall–Kier alpha value is -1.38. The smallest absolute Gasteiger partial charge is 0.135 e. The number of halogens is 2. The molecule has 0 saturated heterocycles. The zero-order valence-electron chi connectivity index (χ0n) is 10.6. The van der Waals surface area contributed by atoms with Gasteiger partial charge in [0.15, 0.2) is 0 Å². The maximum Gasteiger partial charge on any atom is 0.135 e. The van der Waals surface area contributed by atoms with Crippen molar-refractivity contribution in [3.8, 4) is 11.5 Å². The Morgan fingerprint density at radius 2 is 1.42 bits per heavy atom. The van der Waals surface area contributed by atoms with E-state index >= 15 is 0 Å². The van der Waals surface area contributed by atoms with E-state index in [2.05, 4.69) is 0 Å². The maximum atomic E-state index is 9.55. The highest BCUT2D eigenvalue weighted by Gasteiger charge is 2.27. The molecule has 0 aromatic heterocycles. The fourth-order valence-electron chi connectivity index (χ4n) is 2.06. The number of aromatic hydroxyl groups is 2. The van der Waals surface area contributed by atoms with Crippen molar-refractivity contribution in [1.82, 2.24) is 0 Å². The first-order valence-corrected chi connectivity index (χ1v) is 6.56. The van der Waals surface area contributed by atoms with Gasteiger partial charge in [-0.2, -0.15) is 0 Å². The summed E-state index contributed by atoms with van der Waals surface area (Å²) in [6.07, 6.45) is 0. The van der Waals surface area contributed by atoms with E-state index in [9.17, 15) is 10.2 Å². The van der Waals surface area contributed by atoms with Gasteiger partial charge in [-0.15, -0.1) is 0 Å². The first-order chi connectivity index (χ1) is 8.84. The molecule has 100 valence electrons. The second-order valence-corrected chi connectivity index (χ2v) is 5.69. The fraction of sp³-hybridized carbons (Fsp3) is 0.200. The highest BCUT2D eigenvalue weighted by Crippen LogP contribution is 2.42. The first-order valence-electron chi connectivity index (χ1n) is 5.81. The third kappa shape index (κ3) is 2.51. The van der Waals surface area contributed by atoms with E-state index in [4.69, 9.17) is 23.2 Å². The number of benzene rings is 2. The highest BCUT2D eigenvalue weighted by molar-refractivity contribution is 6.43. The van der Waals surface area contributed by atoms with Crippen molar-refractivity contribution in [2.75, 3.05) is 0 Å². The number of hydrogen-bond acceptors (Lipinski definition) is 2. The van der Waals surface area contributed by atoms with Crippen molar-refractivity contribution >= 4 is 23.2 Å². The minimum absolute atomic E-state index is 0.0306. The summed E-state index contributed by atoms with van der Waals surface area (Å²) in [7, 11) is 0. The zero-order chi connectivity index (χ0) is 14.2. The van der Waals surface area contributed by atoms with Gasteiger partial charge in [0.1, 0.15) is 16.5 Å². The van der Waals surface area contributed by atoms with Crippen LogP contribution in [-0.2, 0) is 5.41 Å². The lowest BCUT2D eigenvalue weighted by atomic mass is 9.78. The molecule has 0 fully saturated rings. The number of phenolic OH excluding ortho intramolecular Hbond substituents is 2. The van der Waals surface area contributed by atoms with Crippen LogP contribution in [0, 0.1) is 0 Å². The number of rotatable bonds is 2. The maximum absolute atomic E-state index is 9.55. The summed E-state index contributed by atoms with van der Waals surface area (Å²) in [5, 5.41) is 19.4. The predicted molar refractivity (Wildman–Crippen MR) is 78.4 cm³/mol. The predicted octanol–water partition coefficient (Wildman–Crippen LogP) is 4.73. The molecule has 0 aliphatic rings. The summed E-state index contributed by atoms with van der Waals surface area (Å²) in [5.41, 5.74) is 1.43. The summed E-state index contributed by atoms with van der Waals surface area (Å²) in [6, 6.07) is 10.2. The third-order valence-corrected chi connectivity index (χ3v) is 4.20. The zero-order valence-corrected chi connectivity index (χ0v) is 12.1. The molecule has 0 aliphatic heterocycles. The van der Waals surface area contributed by atoms with Crippen LogP contribution < -0.4 is 0 Å². The van der Waals surface area contributed by atoms with Crippen LogP contribution in [0.15, 0.2) is 36.4 Å². The van der Waals surface area contributed by atoms with E-state index in [1.54, 1.807) is 18.2 Å². The molecule has 2 nitrogen and oxygen atoms in total. The van der Waals surface area contributed by atoms with Gasteiger partial charge >= 0.3 is 0 Å². The standard InChI is InChI=1S/C15H14Cl2O2/c1-15(2,9-3-5-10(18)6-4-9)11-7-8-12(19)14(17)13(11)16/h3-8,18-19H,1-2H3. The molecule has 0 unspecified atom stereocenters. The minimum atomic E-state index is -0.387. The van der Waals surface area contributed by atoms with E-state index in [0.29, 0.717) is 5.02 Å². The number of hydrogen-bond donors (Lipinski definition) is 2. The Kier molecular flexibility index (Phi) is 3.66. The lowest BCUT2D eigenvalue weighted by Gasteiger charge is -2.27. The van der Waals surface area contributed by atoms with Crippen molar-refractivity contribution in [1.29, 1.82) is 0 Å². The van der Waals surface area contributed by atoms with Gasteiger partial charge in [-0.1, -0.05) is 55.2 Å². The van der Waals surface area contributed by atoms with Crippen LogP contribution in [0.4, 0.5) is 0 Å². The van der Waals surface area contributed by atoms with Crippen LogP contribution in [0.2, 0.25) is 10.0 Å². The van der Waals surface area contributed by atoms with Crippen molar-refractivity contribution in [3.05, 3.63) is 57.6 Å². The van der Waals surface area contributed by atoms with E-state index in [1.165, 1.54) is 6.07 Å². The monoisotopic (exact) mass is 296 g/mol. The molecule has 0 spiro atoms. The molecule has 4 heteroatoms. The van der Waals surface area contributed by atoms with Gasteiger partial charge < -0.3 is 10.2 Å². The Morgan fingerprint density at radius 3 is 2.00 bits per heavy atom. The van der Waals surface area contributed by atoms with Gasteiger partial charge in [-0.05, 0) is 29.3 Å². The summed E-state index contributed by atoms with van der Waals surface area (Å²) in [6.45, 7) is 4.02. The van der Waals surface area contributed by atoms with Crippen molar-refractivity contribution in [3.63, 3.8) is 0 Å². The average Bonchev–Trinajstić information content (AvgIpc) is 2.36. The van der Waals surface area contributed by atoms with Gasteiger partial charge in [-0.25, -0.2) is 0 Å². The summed E-state index contributed by atoms with van der Waals surface area (Å²) < 4.78 is 0. The highest BCUT2D eigenvalue weighted by atomic mass is 35.5. The molecule has 0 atom stereocenters. The van der Waals surface area contributed by atoms with E-state index in [1.807, 2.05) is 26.0 Å². The summed E-state index contributed by atoms with van der Waals surface area (Å²) in [5.74, 6) is 0.186. The van der Waals surface area contributed by atoms with E-state index in [-0.39, 0.29) is 21.9 Å². The van der Waals surface area contributed by atoms with Crippen LogP contribution in [-0.4, -0.2) is 10.2 Å². The average molecular weight is 297 g/mol. The molecule has 2 aromatic rings. The molecular weight excluding hydrogens is 283 g/mol. The largest absolute Gasteiger partial charge is 0.508 e. The van der Waals surface area contributed by atoms with E-state index in [0.717, 1.165) is 11.1 Å². The second kappa shape index (κ2) is 4.95. The van der Waals surface area contributed by atoms with Crippen molar-refractivity contribution < 1.29 is 10.2 Å². The Balaban J connectivity index is 2.56. The molecule has 0 amide bonds. The van der Waals surface area contributed by atoms with Crippen molar-refractivity contribution in [2.24, 2.45) is 0 Å². The normalized spacial score (nSPS) is 11.6. The lowest BCUT2D eigenvalue weighted by molar-refractivity contribution is 0.474. The quantitative estimate of drug-likeness (QED) is 0.841. The molecule has 2 N–H and O–H groups in total. The molecule has 0 bridgehead atoms. The van der Waals surface area contributed by atoms with Crippen LogP contribution in [0.5, 0.6) is 11.5 Å².